The first-order chi connectivity index (χ1) is 13.7. The predicted molar refractivity (Wildman–Crippen MR) is 106 cm³/mol. The van der Waals surface area contributed by atoms with E-state index in [0.717, 1.165) is 11.3 Å². The maximum absolute atomic E-state index is 12.5. The van der Waals surface area contributed by atoms with Crippen molar-refractivity contribution in [2.24, 2.45) is 0 Å². The molecule has 7 nitrogen and oxygen atoms in total. The number of benzene rings is 1. The van der Waals surface area contributed by atoms with Gasteiger partial charge >= 0.3 is 0 Å². The van der Waals surface area contributed by atoms with Crippen molar-refractivity contribution in [1.82, 2.24) is 30.3 Å². The Morgan fingerprint density at radius 1 is 1.14 bits per heavy atom. The number of aryl methyl sites for hydroxylation is 1. The average Bonchev–Trinajstić information content (AvgIpc) is 3.34. The zero-order valence-electron chi connectivity index (χ0n) is 15.2. The topological polar surface area (TPSA) is 85.6 Å². The van der Waals surface area contributed by atoms with Crippen LogP contribution in [0.1, 0.15) is 32.2 Å². The number of pyridine rings is 1. The van der Waals surface area contributed by atoms with Crippen LogP contribution in [0.2, 0.25) is 0 Å². The number of aromatic nitrogens is 5. The van der Waals surface area contributed by atoms with E-state index in [4.69, 9.17) is 0 Å². The van der Waals surface area contributed by atoms with E-state index in [1.807, 2.05) is 43.5 Å². The van der Waals surface area contributed by atoms with Gasteiger partial charge in [0.25, 0.3) is 5.91 Å². The average molecular weight is 390 g/mol. The fraction of sp³-hybridized carbons (Fsp3) is 0.150. The van der Waals surface area contributed by atoms with Crippen LogP contribution < -0.4 is 5.32 Å². The van der Waals surface area contributed by atoms with Crippen molar-refractivity contribution in [1.29, 1.82) is 0 Å². The number of hydrogen-bond acceptors (Lipinski definition) is 6. The molecule has 1 aromatic carbocycles. The van der Waals surface area contributed by atoms with Gasteiger partial charge in [0.1, 0.15) is 4.88 Å². The summed E-state index contributed by atoms with van der Waals surface area (Å²) < 4.78 is 1.62. The van der Waals surface area contributed by atoms with E-state index >= 15 is 0 Å². The SMILES string of the molecule is Cc1nc(-n2cc(Cc3ccccc3)nn2)sc1C(=O)NCc1cccnc1. The van der Waals surface area contributed by atoms with E-state index in [1.54, 1.807) is 17.1 Å². The Bertz CT molecular complexity index is 1070. The number of amides is 1. The Labute approximate surface area is 166 Å². The molecule has 3 heterocycles. The van der Waals surface area contributed by atoms with Crippen LogP contribution in [-0.4, -0.2) is 30.9 Å². The van der Waals surface area contributed by atoms with Gasteiger partial charge in [-0.3, -0.25) is 9.78 Å². The molecule has 1 N–H and O–H groups in total. The van der Waals surface area contributed by atoms with Crippen LogP contribution in [0.5, 0.6) is 0 Å². The van der Waals surface area contributed by atoms with Crippen LogP contribution in [0.3, 0.4) is 0 Å². The van der Waals surface area contributed by atoms with Crippen LogP contribution >= 0.6 is 11.3 Å². The van der Waals surface area contributed by atoms with E-state index in [2.05, 4.69) is 37.7 Å². The van der Waals surface area contributed by atoms with Crippen molar-refractivity contribution < 1.29 is 4.79 Å². The molecule has 1 amide bonds. The molecule has 0 aliphatic heterocycles. The van der Waals surface area contributed by atoms with Gasteiger partial charge in [-0.15, -0.1) is 5.10 Å². The molecule has 0 aliphatic rings. The number of carbonyl (C=O) groups is 1. The van der Waals surface area contributed by atoms with Gasteiger partial charge in [0.15, 0.2) is 0 Å². The molecule has 0 aliphatic carbocycles. The Morgan fingerprint density at radius 3 is 2.75 bits per heavy atom. The van der Waals surface area contributed by atoms with Crippen molar-refractivity contribution in [3.63, 3.8) is 0 Å². The third kappa shape index (κ3) is 4.12. The van der Waals surface area contributed by atoms with E-state index < -0.39 is 0 Å². The summed E-state index contributed by atoms with van der Waals surface area (Å²) in [5, 5.41) is 11.9. The lowest BCUT2D eigenvalue weighted by Gasteiger charge is -2.03. The van der Waals surface area contributed by atoms with Gasteiger partial charge in [0.2, 0.25) is 5.13 Å². The van der Waals surface area contributed by atoms with E-state index in [1.165, 1.54) is 16.9 Å². The smallest absolute Gasteiger partial charge is 0.263 e. The largest absolute Gasteiger partial charge is 0.347 e. The van der Waals surface area contributed by atoms with Crippen LogP contribution in [0.25, 0.3) is 5.13 Å². The highest BCUT2D eigenvalue weighted by Gasteiger charge is 2.17. The van der Waals surface area contributed by atoms with Gasteiger partial charge in [-0.25, -0.2) is 4.98 Å². The number of carbonyl (C=O) groups excluding carboxylic acids is 1. The lowest BCUT2D eigenvalue weighted by molar-refractivity contribution is 0.0954. The molecule has 28 heavy (non-hydrogen) atoms. The summed E-state index contributed by atoms with van der Waals surface area (Å²) in [7, 11) is 0. The number of thiazole rings is 1. The molecule has 3 aromatic heterocycles. The molecular formula is C20H18N6OS. The second-order valence-corrected chi connectivity index (χ2v) is 7.25. The lowest BCUT2D eigenvalue weighted by atomic mass is 10.1. The van der Waals surface area contributed by atoms with E-state index in [0.29, 0.717) is 28.7 Å². The van der Waals surface area contributed by atoms with E-state index in [-0.39, 0.29) is 5.91 Å². The summed E-state index contributed by atoms with van der Waals surface area (Å²) in [6, 6.07) is 13.9. The van der Waals surface area contributed by atoms with Crippen LogP contribution in [0.15, 0.2) is 61.1 Å². The molecule has 0 fully saturated rings. The van der Waals surface area contributed by atoms with Gasteiger partial charge in [0, 0.05) is 25.4 Å². The summed E-state index contributed by atoms with van der Waals surface area (Å²) >= 11 is 1.30. The molecule has 4 aromatic rings. The zero-order valence-corrected chi connectivity index (χ0v) is 16.1. The number of nitrogens with zero attached hydrogens (tertiary/aromatic N) is 5. The summed E-state index contributed by atoms with van der Waals surface area (Å²) in [4.78, 5) is 21.6. The molecule has 0 atom stereocenters. The summed E-state index contributed by atoms with van der Waals surface area (Å²) in [6.45, 7) is 2.24. The molecule has 140 valence electrons. The zero-order chi connectivity index (χ0) is 19.3. The monoisotopic (exact) mass is 390 g/mol. The number of hydrogen-bond donors (Lipinski definition) is 1. The van der Waals surface area contributed by atoms with Gasteiger partial charge in [-0.1, -0.05) is 52.9 Å². The van der Waals surface area contributed by atoms with Gasteiger partial charge in [-0.2, -0.15) is 4.68 Å². The van der Waals surface area contributed by atoms with Gasteiger partial charge in [0.05, 0.1) is 17.6 Å². The third-order valence-corrected chi connectivity index (χ3v) is 5.28. The molecular weight excluding hydrogens is 372 g/mol. The molecule has 0 radical (unpaired) electrons. The lowest BCUT2D eigenvalue weighted by Crippen LogP contribution is -2.22. The van der Waals surface area contributed by atoms with Crippen molar-refractivity contribution in [3.05, 3.63) is 88.4 Å². The highest BCUT2D eigenvalue weighted by Crippen LogP contribution is 2.21. The molecule has 8 heteroatoms. The minimum atomic E-state index is -0.158. The quantitative estimate of drug-likeness (QED) is 0.547. The maximum atomic E-state index is 12.5. The van der Waals surface area contributed by atoms with E-state index in [9.17, 15) is 4.79 Å². The fourth-order valence-corrected chi connectivity index (χ4v) is 3.64. The first kappa shape index (κ1) is 18.0. The minimum Gasteiger partial charge on any atom is -0.347 e. The molecule has 0 saturated heterocycles. The summed E-state index contributed by atoms with van der Waals surface area (Å²) in [5.41, 5.74) is 3.63. The minimum absolute atomic E-state index is 0.158. The van der Waals surface area contributed by atoms with Crippen LogP contribution in [0.4, 0.5) is 0 Å². The second-order valence-electron chi connectivity index (χ2n) is 6.27. The Balaban J connectivity index is 1.46. The van der Waals surface area contributed by atoms with Crippen molar-refractivity contribution in [3.8, 4) is 5.13 Å². The fourth-order valence-electron chi connectivity index (χ4n) is 2.73. The first-order valence-corrected chi connectivity index (χ1v) is 9.61. The highest BCUT2D eigenvalue weighted by atomic mass is 32.1. The molecule has 0 bridgehead atoms. The predicted octanol–water partition coefficient (Wildman–Crippen LogP) is 2.95. The summed E-state index contributed by atoms with van der Waals surface area (Å²) in [5.74, 6) is -0.158. The first-order valence-electron chi connectivity index (χ1n) is 8.79. The van der Waals surface area contributed by atoms with Crippen molar-refractivity contribution in [2.75, 3.05) is 0 Å². The van der Waals surface area contributed by atoms with Crippen LogP contribution in [0, 0.1) is 6.92 Å². The third-order valence-electron chi connectivity index (χ3n) is 4.13. The number of rotatable bonds is 6. The molecule has 4 rings (SSSR count). The number of nitrogens with one attached hydrogen (secondary N) is 1. The molecule has 0 spiro atoms. The van der Waals surface area contributed by atoms with Crippen LogP contribution in [-0.2, 0) is 13.0 Å². The van der Waals surface area contributed by atoms with Crippen molar-refractivity contribution >= 4 is 17.2 Å². The Hall–Kier alpha value is -3.39. The normalized spacial score (nSPS) is 10.8. The maximum Gasteiger partial charge on any atom is 0.263 e. The summed E-state index contributed by atoms with van der Waals surface area (Å²) in [6.07, 6.45) is 5.98. The Morgan fingerprint density at radius 2 is 1.96 bits per heavy atom. The highest BCUT2D eigenvalue weighted by molar-refractivity contribution is 7.16. The van der Waals surface area contributed by atoms with Gasteiger partial charge < -0.3 is 5.32 Å². The van der Waals surface area contributed by atoms with Gasteiger partial charge in [-0.05, 0) is 24.1 Å². The molecule has 0 unspecified atom stereocenters. The standard InChI is InChI=1S/C20H18N6OS/c1-14-18(19(27)22-12-16-8-5-9-21-11-16)28-20(23-14)26-13-17(24-25-26)10-15-6-3-2-4-7-15/h2-9,11,13H,10,12H2,1H3,(H,22,27). The molecule has 0 saturated carbocycles. The Kier molecular flexibility index (Phi) is 5.20. The van der Waals surface area contributed by atoms with Crippen molar-refractivity contribution in [2.45, 2.75) is 19.9 Å². The second kappa shape index (κ2) is 8.10.